The molecule has 0 atom stereocenters. The second-order valence-electron chi connectivity index (χ2n) is 2.30. The SMILES string of the molecule is O=S(=O)(CCl)c1cc(F)ccc1F. The lowest BCUT2D eigenvalue weighted by Gasteiger charge is -2.01. The van der Waals surface area contributed by atoms with E-state index in [2.05, 4.69) is 0 Å². The van der Waals surface area contributed by atoms with Crippen LogP contribution in [0.3, 0.4) is 0 Å². The molecule has 0 aliphatic carbocycles. The molecule has 0 heterocycles. The van der Waals surface area contributed by atoms with Crippen molar-refractivity contribution in [1.29, 1.82) is 0 Å². The van der Waals surface area contributed by atoms with Crippen LogP contribution >= 0.6 is 11.6 Å². The number of sulfone groups is 1. The Balaban J connectivity index is 3.38. The van der Waals surface area contributed by atoms with Crippen molar-refractivity contribution in [3.8, 4) is 0 Å². The minimum absolute atomic E-state index is 0.604. The monoisotopic (exact) mass is 226 g/mol. The van der Waals surface area contributed by atoms with Crippen molar-refractivity contribution in [2.75, 3.05) is 5.21 Å². The van der Waals surface area contributed by atoms with Gasteiger partial charge in [-0.15, -0.1) is 11.6 Å². The average Bonchev–Trinajstić information content (AvgIpc) is 2.09. The summed E-state index contributed by atoms with van der Waals surface area (Å²) in [4.78, 5) is -0.706. The van der Waals surface area contributed by atoms with Gasteiger partial charge in [0.15, 0.2) is 9.84 Å². The first kappa shape index (κ1) is 10.4. The summed E-state index contributed by atoms with van der Waals surface area (Å²) in [6.07, 6.45) is 0. The van der Waals surface area contributed by atoms with Crippen molar-refractivity contribution in [2.24, 2.45) is 0 Å². The molecule has 0 bridgehead atoms. The van der Waals surface area contributed by atoms with Gasteiger partial charge in [-0.1, -0.05) is 0 Å². The van der Waals surface area contributed by atoms with Crippen molar-refractivity contribution in [2.45, 2.75) is 4.90 Å². The van der Waals surface area contributed by atoms with Gasteiger partial charge in [0.25, 0.3) is 0 Å². The van der Waals surface area contributed by atoms with Gasteiger partial charge >= 0.3 is 0 Å². The van der Waals surface area contributed by atoms with E-state index >= 15 is 0 Å². The Hall–Kier alpha value is -0.680. The molecule has 0 aromatic heterocycles. The van der Waals surface area contributed by atoms with Gasteiger partial charge in [-0.2, -0.15) is 0 Å². The molecule has 1 rings (SSSR count). The van der Waals surface area contributed by atoms with Crippen LogP contribution in [0.25, 0.3) is 0 Å². The zero-order valence-corrected chi connectivity index (χ0v) is 7.87. The van der Waals surface area contributed by atoms with Gasteiger partial charge in [0.1, 0.15) is 21.7 Å². The number of rotatable bonds is 2. The van der Waals surface area contributed by atoms with Crippen molar-refractivity contribution in [3.63, 3.8) is 0 Å². The fourth-order valence-electron chi connectivity index (χ4n) is 0.774. The Bertz CT molecular complexity index is 417. The van der Waals surface area contributed by atoms with Crippen molar-refractivity contribution in [3.05, 3.63) is 29.8 Å². The maximum atomic E-state index is 12.8. The Kier molecular flexibility index (Phi) is 2.87. The van der Waals surface area contributed by atoms with E-state index in [1.54, 1.807) is 0 Å². The summed E-state index contributed by atoms with van der Waals surface area (Å²) in [6, 6.07) is 2.18. The summed E-state index contributed by atoms with van der Waals surface area (Å²) in [7, 11) is -3.90. The first-order chi connectivity index (χ1) is 5.97. The number of alkyl halides is 1. The minimum Gasteiger partial charge on any atom is -0.222 e. The molecule has 1 aromatic carbocycles. The highest BCUT2D eigenvalue weighted by Crippen LogP contribution is 2.17. The van der Waals surface area contributed by atoms with Crippen LogP contribution in [0.1, 0.15) is 0 Å². The molecule has 0 radical (unpaired) electrons. The van der Waals surface area contributed by atoms with Crippen LogP contribution in [0.5, 0.6) is 0 Å². The van der Waals surface area contributed by atoms with E-state index in [4.69, 9.17) is 11.6 Å². The summed E-state index contributed by atoms with van der Waals surface area (Å²) in [6.45, 7) is 0. The standard InChI is InChI=1S/C7H5ClF2O2S/c8-4-13(11,12)7-3-5(9)1-2-6(7)10/h1-3H,4H2. The molecule has 0 fully saturated rings. The molecule has 2 nitrogen and oxygen atoms in total. The Morgan fingerprint density at radius 3 is 2.46 bits per heavy atom. The molecule has 0 aliphatic heterocycles. The third-order valence-electron chi connectivity index (χ3n) is 1.37. The summed E-state index contributed by atoms with van der Waals surface area (Å²) in [5.74, 6) is -1.81. The molecule has 0 aliphatic rings. The molecule has 0 spiro atoms. The lowest BCUT2D eigenvalue weighted by atomic mass is 10.3. The van der Waals surface area contributed by atoms with E-state index in [0.717, 1.165) is 12.1 Å². The lowest BCUT2D eigenvalue weighted by molar-refractivity contribution is 0.555. The highest BCUT2D eigenvalue weighted by atomic mass is 35.5. The molecule has 13 heavy (non-hydrogen) atoms. The maximum Gasteiger partial charge on any atom is 0.195 e. The van der Waals surface area contributed by atoms with Crippen LogP contribution in [-0.2, 0) is 9.84 Å². The Morgan fingerprint density at radius 1 is 1.31 bits per heavy atom. The Morgan fingerprint density at radius 2 is 1.92 bits per heavy atom. The highest BCUT2D eigenvalue weighted by molar-refractivity contribution is 7.92. The average molecular weight is 227 g/mol. The second kappa shape index (κ2) is 3.59. The van der Waals surface area contributed by atoms with E-state index < -0.39 is 31.6 Å². The van der Waals surface area contributed by atoms with Crippen LogP contribution in [0, 0.1) is 11.6 Å². The molecule has 1 aromatic rings. The van der Waals surface area contributed by atoms with Gasteiger partial charge in [-0.05, 0) is 18.2 Å². The summed E-state index contributed by atoms with van der Waals surface area (Å²) in [5.41, 5.74) is 0. The molecule has 0 N–H and O–H groups in total. The topological polar surface area (TPSA) is 34.1 Å². The normalized spacial score (nSPS) is 11.6. The van der Waals surface area contributed by atoms with Gasteiger partial charge in [-0.3, -0.25) is 0 Å². The highest BCUT2D eigenvalue weighted by Gasteiger charge is 2.18. The van der Waals surface area contributed by atoms with Crippen LogP contribution in [0.4, 0.5) is 8.78 Å². The molecule has 72 valence electrons. The predicted octanol–water partition coefficient (Wildman–Crippen LogP) is 1.93. The summed E-state index contributed by atoms with van der Waals surface area (Å²) < 4.78 is 47.5. The van der Waals surface area contributed by atoms with Crippen molar-refractivity contribution in [1.82, 2.24) is 0 Å². The molecule has 6 heteroatoms. The number of benzene rings is 1. The first-order valence-corrected chi connectivity index (χ1v) is 5.40. The third kappa shape index (κ3) is 2.16. The third-order valence-corrected chi connectivity index (χ3v) is 3.50. The molecular weight excluding hydrogens is 222 g/mol. The molecule has 0 saturated heterocycles. The van der Waals surface area contributed by atoms with E-state index in [9.17, 15) is 17.2 Å². The van der Waals surface area contributed by atoms with E-state index in [-0.39, 0.29) is 0 Å². The van der Waals surface area contributed by atoms with E-state index in [1.807, 2.05) is 0 Å². The molecule has 0 amide bonds. The van der Waals surface area contributed by atoms with Gasteiger partial charge in [-0.25, -0.2) is 17.2 Å². The van der Waals surface area contributed by atoms with E-state index in [0.29, 0.717) is 6.07 Å². The minimum atomic E-state index is -3.90. The number of halogens is 3. The van der Waals surface area contributed by atoms with Crippen LogP contribution in [-0.4, -0.2) is 13.6 Å². The second-order valence-corrected chi connectivity index (χ2v) is 4.84. The molecular formula is C7H5ClF2O2S. The number of hydrogen-bond acceptors (Lipinski definition) is 2. The zero-order chi connectivity index (χ0) is 10.1. The molecule has 0 saturated carbocycles. The smallest absolute Gasteiger partial charge is 0.195 e. The zero-order valence-electron chi connectivity index (χ0n) is 6.30. The first-order valence-electron chi connectivity index (χ1n) is 3.21. The van der Waals surface area contributed by atoms with Crippen molar-refractivity contribution >= 4 is 21.4 Å². The van der Waals surface area contributed by atoms with Crippen molar-refractivity contribution < 1.29 is 17.2 Å². The fourth-order valence-corrected chi connectivity index (χ4v) is 1.90. The van der Waals surface area contributed by atoms with Gasteiger partial charge < -0.3 is 0 Å². The maximum absolute atomic E-state index is 12.8. The predicted molar refractivity (Wildman–Crippen MR) is 44.3 cm³/mol. The van der Waals surface area contributed by atoms with E-state index in [1.165, 1.54) is 0 Å². The summed E-state index contributed by atoms with van der Waals surface area (Å²) >= 11 is 5.07. The van der Waals surface area contributed by atoms with Gasteiger partial charge in [0, 0.05) is 0 Å². The van der Waals surface area contributed by atoms with Crippen LogP contribution < -0.4 is 0 Å². The van der Waals surface area contributed by atoms with Gasteiger partial charge in [0.05, 0.1) is 0 Å². The lowest BCUT2D eigenvalue weighted by Crippen LogP contribution is -2.05. The molecule has 0 unspecified atom stereocenters. The quantitative estimate of drug-likeness (QED) is 0.723. The fraction of sp³-hybridized carbons (Fsp3) is 0.143. The summed E-state index contributed by atoms with van der Waals surface area (Å²) in [5, 5.41) is -0.770. The largest absolute Gasteiger partial charge is 0.222 e. The van der Waals surface area contributed by atoms with Crippen LogP contribution in [0.15, 0.2) is 23.1 Å². The van der Waals surface area contributed by atoms with Gasteiger partial charge in [0.2, 0.25) is 0 Å². The number of hydrogen-bond donors (Lipinski definition) is 0. The Labute approximate surface area is 79.1 Å². The van der Waals surface area contributed by atoms with Crippen LogP contribution in [0.2, 0.25) is 0 Å².